The number of nitrogens with one attached hydrogen (secondary N) is 1. The van der Waals surface area contributed by atoms with E-state index in [4.69, 9.17) is 5.73 Å². The Kier molecular flexibility index (Phi) is 5.63. The van der Waals surface area contributed by atoms with Gasteiger partial charge >= 0.3 is 0 Å². The normalized spacial score (nSPS) is 11.0. The molecular formula is C14H23N3O2. The van der Waals surface area contributed by atoms with Crippen molar-refractivity contribution in [1.82, 2.24) is 10.2 Å². The van der Waals surface area contributed by atoms with E-state index < -0.39 is 0 Å². The summed E-state index contributed by atoms with van der Waals surface area (Å²) in [7, 11) is 0. The van der Waals surface area contributed by atoms with Crippen LogP contribution in [0.2, 0.25) is 0 Å². The van der Waals surface area contributed by atoms with Gasteiger partial charge in [-0.3, -0.25) is 9.69 Å². The molecule has 5 nitrogen and oxygen atoms in total. The molecule has 1 amide bonds. The molecule has 0 saturated heterocycles. The SMILES string of the molecule is CCN(CC(=O)NC(C)C)Cc1ccc(O)c(N)c1. The van der Waals surface area contributed by atoms with Crippen LogP contribution in [0.25, 0.3) is 0 Å². The first-order valence-electron chi connectivity index (χ1n) is 6.51. The fraction of sp³-hybridized carbons (Fsp3) is 0.500. The van der Waals surface area contributed by atoms with Crippen molar-refractivity contribution in [2.45, 2.75) is 33.4 Å². The summed E-state index contributed by atoms with van der Waals surface area (Å²) in [6.45, 7) is 7.64. The predicted molar refractivity (Wildman–Crippen MR) is 76.7 cm³/mol. The molecule has 4 N–H and O–H groups in total. The van der Waals surface area contributed by atoms with Gasteiger partial charge in [0.05, 0.1) is 12.2 Å². The van der Waals surface area contributed by atoms with Crippen LogP contribution in [0.5, 0.6) is 5.75 Å². The van der Waals surface area contributed by atoms with Crippen LogP contribution in [0.3, 0.4) is 0 Å². The molecule has 0 aliphatic heterocycles. The van der Waals surface area contributed by atoms with Gasteiger partial charge < -0.3 is 16.2 Å². The predicted octanol–water partition coefficient (Wildman–Crippen LogP) is 1.32. The fourth-order valence-corrected chi connectivity index (χ4v) is 1.81. The van der Waals surface area contributed by atoms with Crippen molar-refractivity contribution in [3.63, 3.8) is 0 Å². The Morgan fingerprint density at radius 2 is 2.16 bits per heavy atom. The van der Waals surface area contributed by atoms with Gasteiger partial charge in [-0.05, 0) is 38.1 Å². The summed E-state index contributed by atoms with van der Waals surface area (Å²) >= 11 is 0. The topological polar surface area (TPSA) is 78.6 Å². The maximum atomic E-state index is 11.7. The first-order valence-corrected chi connectivity index (χ1v) is 6.51. The van der Waals surface area contributed by atoms with Gasteiger partial charge in [0.2, 0.25) is 5.91 Å². The lowest BCUT2D eigenvalue weighted by molar-refractivity contribution is -0.122. The lowest BCUT2D eigenvalue weighted by Gasteiger charge is -2.21. The summed E-state index contributed by atoms with van der Waals surface area (Å²) in [5.74, 6) is 0.105. The van der Waals surface area contributed by atoms with E-state index in [0.29, 0.717) is 18.8 Å². The molecule has 0 aliphatic carbocycles. The number of benzene rings is 1. The van der Waals surface area contributed by atoms with Crippen LogP contribution >= 0.6 is 0 Å². The Bertz CT molecular complexity index is 433. The van der Waals surface area contributed by atoms with Crippen LogP contribution in [0.15, 0.2) is 18.2 Å². The Morgan fingerprint density at radius 3 is 2.68 bits per heavy atom. The summed E-state index contributed by atoms with van der Waals surface area (Å²) in [6.07, 6.45) is 0. The van der Waals surface area contributed by atoms with Crippen LogP contribution < -0.4 is 11.1 Å². The molecule has 0 heterocycles. The zero-order valence-electron chi connectivity index (χ0n) is 11.8. The molecule has 0 radical (unpaired) electrons. The number of carbonyl (C=O) groups excluding carboxylic acids is 1. The standard InChI is InChI=1S/C14H23N3O2/c1-4-17(9-14(19)16-10(2)3)8-11-5-6-13(18)12(15)7-11/h5-7,10,18H,4,8-9,15H2,1-3H3,(H,16,19). The number of phenolic OH excluding ortho intramolecular Hbond substituents is 1. The van der Waals surface area contributed by atoms with Crippen LogP contribution in [-0.2, 0) is 11.3 Å². The molecule has 106 valence electrons. The van der Waals surface area contributed by atoms with Crippen molar-refractivity contribution in [1.29, 1.82) is 0 Å². The van der Waals surface area contributed by atoms with Crippen molar-refractivity contribution in [3.8, 4) is 5.75 Å². The van der Waals surface area contributed by atoms with Gasteiger partial charge in [0.15, 0.2) is 0 Å². The molecule has 19 heavy (non-hydrogen) atoms. The van der Waals surface area contributed by atoms with E-state index in [2.05, 4.69) is 5.32 Å². The molecule has 1 aromatic rings. The summed E-state index contributed by atoms with van der Waals surface area (Å²) < 4.78 is 0. The number of aromatic hydroxyl groups is 1. The van der Waals surface area contributed by atoms with Gasteiger partial charge in [-0.2, -0.15) is 0 Å². The van der Waals surface area contributed by atoms with Gasteiger partial charge in [0, 0.05) is 12.6 Å². The number of carbonyl (C=O) groups is 1. The number of nitrogen functional groups attached to an aromatic ring is 1. The Hall–Kier alpha value is -1.75. The molecule has 1 aromatic carbocycles. The van der Waals surface area contributed by atoms with E-state index in [1.165, 1.54) is 0 Å². The average Bonchev–Trinajstić information content (AvgIpc) is 2.32. The third kappa shape index (κ3) is 5.18. The highest BCUT2D eigenvalue weighted by Gasteiger charge is 2.11. The lowest BCUT2D eigenvalue weighted by Crippen LogP contribution is -2.39. The highest BCUT2D eigenvalue weighted by Crippen LogP contribution is 2.21. The molecule has 0 saturated carbocycles. The number of rotatable bonds is 6. The minimum Gasteiger partial charge on any atom is -0.506 e. The maximum Gasteiger partial charge on any atom is 0.234 e. The molecule has 0 bridgehead atoms. The number of hydrogen-bond donors (Lipinski definition) is 3. The zero-order valence-corrected chi connectivity index (χ0v) is 11.8. The van der Waals surface area contributed by atoms with Gasteiger partial charge in [-0.25, -0.2) is 0 Å². The second kappa shape index (κ2) is 6.99. The minimum absolute atomic E-state index is 0.0172. The van der Waals surface area contributed by atoms with Crippen LogP contribution in [0, 0.1) is 0 Å². The molecule has 0 unspecified atom stereocenters. The summed E-state index contributed by atoms with van der Waals surface area (Å²) in [5, 5.41) is 12.2. The zero-order chi connectivity index (χ0) is 14.4. The van der Waals surface area contributed by atoms with Gasteiger partial charge in [0.25, 0.3) is 0 Å². The number of nitrogens with two attached hydrogens (primary N) is 1. The van der Waals surface area contributed by atoms with Crippen LogP contribution in [-0.4, -0.2) is 35.0 Å². The highest BCUT2D eigenvalue weighted by molar-refractivity contribution is 5.78. The number of phenols is 1. The highest BCUT2D eigenvalue weighted by atomic mass is 16.3. The van der Waals surface area contributed by atoms with E-state index >= 15 is 0 Å². The first kappa shape index (κ1) is 15.3. The van der Waals surface area contributed by atoms with Crippen molar-refractivity contribution < 1.29 is 9.90 Å². The van der Waals surface area contributed by atoms with Crippen molar-refractivity contribution in [2.75, 3.05) is 18.8 Å². The quantitative estimate of drug-likeness (QED) is 0.535. The molecule has 0 aliphatic rings. The largest absolute Gasteiger partial charge is 0.506 e. The van der Waals surface area contributed by atoms with Crippen molar-refractivity contribution >= 4 is 11.6 Å². The van der Waals surface area contributed by atoms with Crippen LogP contribution in [0.1, 0.15) is 26.3 Å². The van der Waals surface area contributed by atoms with Crippen molar-refractivity contribution in [3.05, 3.63) is 23.8 Å². The lowest BCUT2D eigenvalue weighted by atomic mass is 10.1. The Balaban J connectivity index is 2.61. The van der Waals surface area contributed by atoms with Gasteiger partial charge in [-0.1, -0.05) is 13.0 Å². The van der Waals surface area contributed by atoms with Crippen LogP contribution in [0.4, 0.5) is 5.69 Å². The number of likely N-dealkylation sites (N-methyl/N-ethyl adjacent to an activating group) is 1. The summed E-state index contributed by atoms with van der Waals surface area (Å²) in [6, 6.07) is 5.27. The third-order valence-electron chi connectivity index (χ3n) is 2.76. The van der Waals surface area contributed by atoms with Gasteiger partial charge in [-0.15, -0.1) is 0 Å². The van der Waals surface area contributed by atoms with E-state index in [-0.39, 0.29) is 17.7 Å². The first-order chi connectivity index (χ1) is 8.92. The molecule has 1 rings (SSSR count). The summed E-state index contributed by atoms with van der Waals surface area (Å²) in [5.41, 5.74) is 7.00. The average molecular weight is 265 g/mol. The smallest absolute Gasteiger partial charge is 0.234 e. The fourth-order valence-electron chi connectivity index (χ4n) is 1.81. The molecule has 0 fully saturated rings. The molecule has 0 atom stereocenters. The maximum absolute atomic E-state index is 11.7. The molecule has 5 heteroatoms. The molecule has 0 aromatic heterocycles. The second-order valence-electron chi connectivity index (χ2n) is 4.92. The molecule has 0 spiro atoms. The van der Waals surface area contributed by atoms with E-state index in [1.54, 1.807) is 12.1 Å². The monoisotopic (exact) mass is 265 g/mol. The third-order valence-corrected chi connectivity index (χ3v) is 2.76. The summed E-state index contributed by atoms with van der Waals surface area (Å²) in [4.78, 5) is 13.7. The number of hydrogen-bond acceptors (Lipinski definition) is 4. The Labute approximate surface area is 114 Å². The molecular weight excluding hydrogens is 242 g/mol. The minimum atomic E-state index is 0.0172. The van der Waals surface area contributed by atoms with E-state index in [9.17, 15) is 9.90 Å². The van der Waals surface area contributed by atoms with Gasteiger partial charge in [0.1, 0.15) is 5.75 Å². The Morgan fingerprint density at radius 1 is 1.47 bits per heavy atom. The number of amides is 1. The van der Waals surface area contributed by atoms with E-state index in [1.807, 2.05) is 31.7 Å². The second-order valence-corrected chi connectivity index (χ2v) is 4.92. The number of nitrogens with zero attached hydrogens (tertiary/aromatic N) is 1. The van der Waals surface area contributed by atoms with Crippen molar-refractivity contribution in [2.24, 2.45) is 0 Å². The number of anilines is 1. The van der Waals surface area contributed by atoms with E-state index in [0.717, 1.165) is 12.1 Å².